The van der Waals surface area contributed by atoms with Crippen LogP contribution < -0.4 is 0 Å². The van der Waals surface area contributed by atoms with Crippen LogP contribution in [0.25, 0.3) is 0 Å². The summed E-state index contributed by atoms with van der Waals surface area (Å²) in [6.07, 6.45) is 6.00. The third-order valence-electron chi connectivity index (χ3n) is 9.08. The molecule has 0 radical (unpaired) electrons. The van der Waals surface area contributed by atoms with Gasteiger partial charge in [0.1, 0.15) is 5.78 Å². The minimum atomic E-state index is -0.424. The van der Waals surface area contributed by atoms with Gasteiger partial charge in [-0.1, -0.05) is 34.6 Å². The van der Waals surface area contributed by atoms with Gasteiger partial charge in [0.05, 0.1) is 6.10 Å². The first kappa shape index (κ1) is 15.2. The van der Waals surface area contributed by atoms with Crippen molar-refractivity contribution in [3.63, 3.8) is 0 Å². The third-order valence-corrected chi connectivity index (χ3v) is 9.08. The number of rotatable bonds is 0. The Labute approximate surface area is 135 Å². The summed E-state index contributed by atoms with van der Waals surface area (Å²) in [4.78, 5) is 12.9. The van der Waals surface area contributed by atoms with Gasteiger partial charge in [-0.2, -0.15) is 0 Å². The Kier molecular flexibility index (Phi) is 2.75. The molecule has 22 heavy (non-hydrogen) atoms. The standard InChI is InChI=1S/C20H32O2/c1-12-14(21)10-15(22)19(5)7-6-13-16-17(2,3)8-9-18(16,4)11-20(12,13)19/h12-14,16,21H,6-11H2,1-5H3/t12-,13-,14+,16+,18+,19-,20-/m1/s1. The largest absolute Gasteiger partial charge is 0.392 e. The lowest BCUT2D eigenvalue weighted by molar-refractivity contribution is -0.158. The molecule has 4 fully saturated rings. The normalized spacial score (nSPS) is 59.3. The fraction of sp³-hybridized carbons (Fsp3) is 0.950. The maximum Gasteiger partial charge on any atom is 0.141 e. The molecule has 0 saturated heterocycles. The molecule has 0 amide bonds. The average Bonchev–Trinajstić information content (AvgIpc) is 2.94. The second-order valence-electron chi connectivity index (χ2n) is 10.3. The molecule has 0 unspecified atom stereocenters. The van der Waals surface area contributed by atoms with Crippen LogP contribution in [-0.2, 0) is 4.79 Å². The number of aliphatic hydroxyl groups excluding tert-OH is 1. The molecule has 124 valence electrons. The molecule has 4 saturated carbocycles. The van der Waals surface area contributed by atoms with Crippen molar-refractivity contribution in [2.75, 3.05) is 0 Å². The molecule has 0 aliphatic heterocycles. The highest BCUT2D eigenvalue weighted by atomic mass is 16.3. The first-order chi connectivity index (χ1) is 10.1. The summed E-state index contributed by atoms with van der Waals surface area (Å²) in [7, 11) is 0. The van der Waals surface area contributed by atoms with E-state index in [1.807, 2.05) is 0 Å². The van der Waals surface area contributed by atoms with E-state index in [0.717, 1.165) is 12.3 Å². The lowest BCUT2D eigenvalue weighted by Gasteiger charge is -2.54. The summed E-state index contributed by atoms with van der Waals surface area (Å²) < 4.78 is 0. The third kappa shape index (κ3) is 1.41. The van der Waals surface area contributed by atoms with Crippen LogP contribution in [0.15, 0.2) is 0 Å². The Hall–Kier alpha value is -0.370. The quantitative estimate of drug-likeness (QED) is 0.728. The van der Waals surface area contributed by atoms with Crippen molar-refractivity contribution in [1.29, 1.82) is 0 Å². The smallest absolute Gasteiger partial charge is 0.141 e. The Morgan fingerprint density at radius 1 is 1.09 bits per heavy atom. The predicted octanol–water partition coefficient (Wildman–Crippen LogP) is 4.21. The molecule has 4 aliphatic rings. The minimum absolute atomic E-state index is 0.0544. The van der Waals surface area contributed by atoms with Gasteiger partial charge >= 0.3 is 0 Å². The molecule has 4 rings (SSSR count). The van der Waals surface area contributed by atoms with Crippen LogP contribution >= 0.6 is 0 Å². The SMILES string of the molecule is C[C@@H]1[C@@H](O)CC(=O)[C@@]2(C)CC[C@@H]3[C@H]4C(C)(C)CC[C@@]4(C)C[C@@]132. The fourth-order valence-corrected chi connectivity index (χ4v) is 8.23. The number of hydrogen-bond acceptors (Lipinski definition) is 2. The van der Waals surface area contributed by atoms with E-state index in [9.17, 15) is 9.90 Å². The fourth-order valence-electron chi connectivity index (χ4n) is 8.23. The van der Waals surface area contributed by atoms with Crippen LogP contribution in [0.3, 0.4) is 0 Å². The summed E-state index contributed by atoms with van der Waals surface area (Å²) in [6.45, 7) is 11.9. The zero-order chi connectivity index (χ0) is 16.1. The van der Waals surface area contributed by atoms with Crippen molar-refractivity contribution in [2.45, 2.75) is 79.2 Å². The maximum absolute atomic E-state index is 12.9. The van der Waals surface area contributed by atoms with Gasteiger partial charge in [-0.15, -0.1) is 0 Å². The highest BCUT2D eigenvalue weighted by Crippen LogP contribution is 2.80. The van der Waals surface area contributed by atoms with Crippen LogP contribution in [-0.4, -0.2) is 17.0 Å². The number of aliphatic hydroxyl groups is 1. The highest BCUT2D eigenvalue weighted by Gasteiger charge is 2.76. The van der Waals surface area contributed by atoms with Gasteiger partial charge in [0, 0.05) is 11.8 Å². The maximum atomic E-state index is 12.9. The Balaban J connectivity index is 1.89. The summed E-state index contributed by atoms with van der Waals surface area (Å²) in [6, 6.07) is 0. The summed E-state index contributed by atoms with van der Waals surface area (Å²) in [5, 5.41) is 10.6. The molecule has 4 aliphatic carbocycles. The lowest BCUT2D eigenvalue weighted by Crippen LogP contribution is -2.56. The molecule has 1 spiro atoms. The number of carbonyl (C=O) groups is 1. The van der Waals surface area contributed by atoms with Gasteiger partial charge in [-0.3, -0.25) is 4.79 Å². The Morgan fingerprint density at radius 3 is 2.45 bits per heavy atom. The highest BCUT2D eigenvalue weighted by molar-refractivity contribution is 5.87. The van der Waals surface area contributed by atoms with Crippen molar-refractivity contribution in [2.24, 2.45) is 39.4 Å². The van der Waals surface area contributed by atoms with Crippen molar-refractivity contribution in [3.8, 4) is 0 Å². The summed E-state index contributed by atoms with van der Waals surface area (Å²) in [5.41, 5.74) is 0.638. The van der Waals surface area contributed by atoms with E-state index in [1.165, 1.54) is 25.7 Å². The van der Waals surface area contributed by atoms with Gasteiger partial charge in [0.25, 0.3) is 0 Å². The minimum Gasteiger partial charge on any atom is -0.392 e. The van der Waals surface area contributed by atoms with Gasteiger partial charge < -0.3 is 5.11 Å². The molecule has 0 bridgehead atoms. The number of fused-ring (bicyclic) bond motifs is 2. The molecular formula is C20H32O2. The van der Waals surface area contributed by atoms with E-state index < -0.39 is 6.10 Å². The van der Waals surface area contributed by atoms with Crippen LogP contribution in [0.2, 0.25) is 0 Å². The first-order valence-corrected chi connectivity index (χ1v) is 9.30. The van der Waals surface area contributed by atoms with Crippen molar-refractivity contribution in [3.05, 3.63) is 0 Å². The van der Waals surface area contributed by atoms with E-state index >= 15 is 0 Å². The van der Waals surface area contributed by atoms with Gasteiger partial charge in [0.15, 0.2) is 0 Å². The topological polar surface area (TPSA) is 37.3 Å². The second kappa shape index (κ2) is 3.99. The zero-order valence-electron chi connectivity index (χ0n) is 14.9. The summed E-state index contributed by atoms with van der Waals surface area (Å²) >= 11 is 0. The molecule has 0 aromatic rings. The molecule has 7 atom stereocenters. The lowest BCUT2D eigenvalue weighted by atomic mass is 9.49. The van der Waals surface area contributed by atoms with Crippen molar-refractivity contribution >= 4 is 5.78 Å². The Bertz CT molecular complexity index is 538. The van der Waals surface area contributed by atoms with E-state index in [-0.39, 0.29) is 16.7 Å². The first-order valence-electron chi connectivity index (χ1n) is 9.30. The van der Waals surface area contributed by atoms with E-state index in [1.54, 1.807) is 0 Å². The van der Waals surface area contributed by atoms with Crippen LogP contribution in [0.4, 0.5) is 0 Å². The van der Waals surface area contributed by atoms with E-state index in [2.05, 4.69) is 34.6 Å². The van der Waals surface area contributed by atoms with Gasteiger partial charge in [0.2, 0.25) is 0 Å². The van der Waals surface area contributed by atoms with E-state index in [0.29, 0.717) is 29.0 Å². The molecule has 0 aromatic heterocycles. The molecule has 1 N–H and O–H groups in total. The number of ketones is 1. The summed E-state index contributed by atoms with van der Waals surface area (Å²) in [5.74, 6) is 1.97. The number of hydrogen-bond donors (Lipinski definition) is 1. The number of carbonyl (C=O) groups excluding carboxylic acids is 1. The molecule has 0 aromatic carbocycles. The molecule has 0 heterocycles. The molecule has 2 nitrogen and oxygen atoms in total. The van der Waals surface area contributed by atoms with Crippen LogP contribution in [0.5, 0.6) is 0 Å². The number of Topliss-reactive ketones (excluding diaryl/α,β-unsaturated/α-hetero) is 1. The predicted molar refractivity (Wildman–Crippen MR) is 87.3 cm³/mol. The molecule has 2 heteroatoms. The van der Waals surface area contributed by atoms with Gasteiger partial charge in [-0.25, -0.2) is 0 Å². The zero-order valence-corrected chi connectivity index (χ0v) is 14.9. The second-order valence-corrected chi connectivity index (χ2v) is 10.3. The van der Waals surface area contributed by atoms with Crippen molar-refractivity contribution < 1.29 is 9.90 Å². The monoisotopic (exact) mass is 304 g/mol. The Morgan fingerprint density at radius 2 is 1.77 bits per heavy atom. The van der Waals surface area contributed by atoms with Crippen molar-refractivity contribution in [1.82, 2.24) is 0 Å². The average molecular weight is 304 g/mol. The van der Waals surface area contributed by atoms with Crippen LogP contribution in [0.1, 0.15) is 73.1 Å². The molecular weight excluding hydrogens is 272 g/mol. The van der Waals surface area contributed by atoms with Gasteiger partial charge in [-0.05, 0) is 66.1 Å². The van der Waals surface area contributed by atoms with Crippen LogP contribution in [0, 0.1) is 39.4 Å². The van der Waals surface area contributed by atoms with E-state index in [4.69, 9.17) is 0 Å².